The maximum absolute atomic E-state index is 13.4. The van der Waals surface area contributed by atoms with Gasteiger partial charge >= 0.3 is 0 Å². The fraction of sp³-hybridized carbons (Fsp3) is 0.571. The molecule has 0 aliphatic heterocycles. The molecule has 0 aliphatic carbocycles. The molecule has 1 rings (SSSR count). The van der Waals surface area contributed by atoms with Gasteiger partial charge in [0.1, 0.15) is 5.82 Å². The van der Waals surface area contributed by atoms with Crippen LogP contribution in [-0.4, -0.2) is 12.6 Å². The van der Waals surface area contributed by atoms with Crippen molar-refractivity contribution in [3.05, 3.63) is 22.4 Å². The average molecular weight is 317 g/mol. The van der Waals surface area contributed by atoms with Crippen molar-refractivity contribution in [2.24, 2.45) is 0 Å². The molecule has 0 bridgehead atoms. The van der Waals surface area contributed by atoms with E-state index in [1.165, 1.54) is 18.9 Å². The summed E-state index contributed by atoms with van der Waals surface area (Å²) in [4.78, 5) is 2.23. The summed E-state index contributed by atoms with van der Waals surface area (Å²) in [6.07, 6.45) is 3.52. The van der Waals surface area contributed by atoms with Crippen LogP contribution in [0.3, 0.4) is 0 Å². The summed E-state index contributed by atoms with van der Waals surface area (Å²) in [6, 6.07) is 3.51. The van der Waals surface area contributed by atoms with Crippen molar-refractivity contribution < 1.29 is 4.39 Å². The lowest BCUT2D eigenvalue weighted by atomic mass is 10.1. The number of nitrogens with zero attached hydrogens (tertiary/aromatic N) is 1. The summed E-state index contributed by atoms with van der Waals surface area (Å²) in [5.41, 5.74) is 7.34. The number of rotatable bonds is 6. The summed E-state index contributed by atoms with van der Waals surface area (Å²) in [5.74, 6) is -0.312. The smallest absolute Gasteiger partial charge is 0.139 e. The molecule has 1 aromatic rings. The molecule has 0 saturated heterocycles. The second-order valence-electron chi connectivity index (χ2n) is 4.82. The maximum atomic E-state index is 13.4. The van der Waals surface area contributed by atoms with Gasteiger partial charge < -0.3 is 10.6 Å². The van der Waals surface area contributed by atoms with Gasteiger partial charge in [-0.05, 0) is 42.3 Å². The first-order valence-electron chi connectivity index (χ1n) is 6.48. The number of anilines is 2. The number of nitrogen functional groups attached to an aromatic ring is 1. The van der Waals surface area contributed by atoms with E-state index in [0.29, 0.717) is 16.2 Å². The molecule has 0 amide bonds. The summed E-state index contributed by atoms with van der Waals surface area (Å²) in [7, 11) is 0. The molecule has 0 fully saturated rings. The predicted octanol–water partition coefficient (Wildman–Crippen LogP) is 4.58. The Balaban J connectivity index is 2.95. The molecule has 0 atom stereocenters. The Hall–Kier alpha value is -0.770. The first kappa shape index (κ1) is 15.3. The van der Waals surface area contributed by atoms with Gasteiger partial charge in [0.2, 0.25) is 0 Å². The van der Waals surface area contributed by atoms with Crippen LogP contribution in [0.25, 0.3) is 0 Å². The third-order valence-electron chi connectivity index (χ3n) is 3.00. The Morgan fingerprint density at radius 3 is 2.56 bits per heavy atom. The van der Waals surface area contributed by atoms with Crippen LogP contribution in [0.4, 0.5) is 15.8 Å². The highest BCUT2D eigenvalue weighted by Gasteiger charge is 2.15. The van der Waals surface area contributed by atoms with Crippen LogP contribution in [-0.2, 0) is 0 Å². The van der Waals surface area contributed by atoms with Crippen molar-refractivity contribution in [1.29, 1.82) is 0 Å². The molecule has 2 nitrogen and oxygen atoms in total. The molecule has 0 aliphatic rings. The van der Waals surface area contributed by atoms with Gasteiger partial charge in [0.15, 0.2) is 0 Å². The first-order valence-corrected chi connectivity index (χ1v) is 7.27. The fourth-order valence-electron chi connectivity index (χ4n) is 1.99. The number of nitrogens with two attached hydrogens (primary N) is 1. The number of hydrogen-bond acceptors (Lipinski definition) is 2. The predicted molar refractivity (Wildman–Crippen MR) is 80.5 cm³/mol. The average Bonchev–Trinajstić information content (AvgIpc) is 2.30. The minimum Gasteiger partial charge on any atom is -0.397 e. The van der Waals surface area contributed by atoms with E-state index in [1.54, 1.807) is 6.07 Å². The number of unbranched alkanes of at least 4 members (excludes halogenated alkanes) is 2. The van der Waals surface area contributed by atoms with Gasteiger partial charge in [0.05, 0.1) is 15.8 Å². The van der Waals surface area contributed by atoms with Crippen molar-refractivity contribution in [3.63, 3.8) is 0 Å². The van der Waals surface area contributed by atoms with Crippen LogP contribution in [0.2, 0.25) is 0 Å². The van der Waals surface area contributed by atoms with Crippen molar-refractivity contribution in [3.8, 4) is 0 Å². The first-order chi connectivity index (χ1) is 8.47. The van der Waals surface area contributed by atoms with Gasteiger partial charge in [0, 0.05) is 18.7 Å². The van der Waals surface area contributed by atoms with E-state index < -0.39 is 0 Å². The standard InChI is InChI=1S/C14H22BrFN2/c1-4-5-6-7-18(10(2)3)14-8-11(15)12(16)9-13(14)17/h8-10H,4-7,17H2,1-3H3. The summed E-state index contributed by atoms with van der Waals surface area (Å²) in [5, 5.41) is 0. The van der Waals surface area contributed by atoms with Gasteiger partial charge in [-0.1, -0.05) is 19.8 Å². The zero-order chi connectivity index (χ0) is 13.7. The summed E-state index contributed by atoms with van der Waals surface area (Å²) >= 11 is 3.22. The molecular weight excluding hydrogens is 295 g/mol. The van der Waals surface area contributed by atoms with Crippen LogP contribution in [0, 0.1) is 5.82 Å². The number of hydrogen-bond donors (Lipinski definition) is 1. The Bertz CT molecular complexity index is 394. The Morgan fingerprint density at radius 1 is 1.33 bits per heavy atom. The van der Waals surface area contributed by atoms with Crippen molar-refractivity contribution in [2.45, 2.75) is 46.1 Å². The molecule has 18 heavy (non-hydrogen) atoms. The van der Waals surface area contributed by atoms with E-state index in [-0.39, 0.29) is 5.82 Å². The van der Waals surface area contributed by atoms with E-state index in [2.05, 4.69) is 41.6 Å². The minimum absolute atomic E-state index is 0.312. The molecule has 0 heterocycles. The lowest BCUT2D eigenvalue weighted by Gasteiger charge is -2.30. The van der Waals surface area contributed by atoms with Crippen LogP contribution in [0.5, 0.6) is 0 Å². The van der Waals surface area contributed by atoms with E-state index in [1.807, 2.05) is 0 Å². The molecule has 0 spiro atoms. The van der Waals surface area contributed by atoms with E-state index in [4.69, 9.17) is 5.73 Å². The van der Waals surface area contributed by atoms with E-state index >= 15 is 0 Å². The zero-order valence-corrected chi connectivity index (χ0v) is 12.9. The second kappa shape index (κ2) is 6.98. The van der Waals surface area contributed by atoms with Gasteiger partial charge in [0.25, 0.3) is 0 Å². The lowest BCUT2D eigenvalue weighted by Crippen LogP contribution is -2.32. The third-order valence-corrected chi connectivity index (χ3v) is 3.61. The van der Waals surface area contributed by atoms with Gasteiger partial charge in [-0.3, -0.25) is 0 Å². The Kier molecular flexibility index (Phi) is 5.93. The van der Waals surface area contributed by atoms with Gasteiger partial charge in [-0.15, -0.1) is 0 Å². The SMILES string of the molecule is CCCCCN(c1cc(Br)c(F)cc1N)C(C)C. The topological polar surface area (TPSA) is 29.3 Å². The minimum atomic E-state index is -0.312. The third kappa shape index (κ3) is 3.87. The normalized spacial score (nSPS) is 11.0. The summed E-state index contributed by atoms with van der Waals surface area (Å²) < 4.78 is 13.9. The van der Waals surface area contributed by atoms with Crippen LogP contribution >= 0.6 is 15.9 Å². The van der Waals surface area contributed by atoms with Crippen molar-refractivity contribution >= 4 is 27.3 Å². The Labute approximate surface area is 117 Å². The number of benzene rings is 1. The highest BCUT2D eigenvalue weighted by atomic mass is 79.9. The monoisotopic (exact) mass is 316 g/mol. The quantitative estimate of drug-likeness (QED) is 0.615. The Morgan fingerprint density at radius 2 is 2.00 bits per heavy atom. The van der Waals surface area contributed by atoms with E-state index in [0.717, 1.165) is 18.7 Å². The molecule has 2 N–H and O–H groups in total. The largest absolute Gasteiger partial charge is 0.397 e. The molecular formula is C14H22BrFN2. The lowest BCUT2D eigenvalue weighted by molar-refractivity contribution is 0.614. The van der Waals surface area contributed by atoms with Gasteiger partial charge in [-0.25, -0.2) is 4.39 Å². The van der Waals surface area contributed by atoms with Crippen molar-refractivity contribution in [1.82, 2.24) is 0 Å². The van der Waals surface area contributed by atoms with Crippen LogP contribution in [0.1, 0.15) is 40.0 Å². The highest BCUT2D eigenvalue weighted by molar-refractivity contribution is 9.10. The molecule has 0 unspecified atom stereocenters. The molecule has 102 valence electrons. The molecule has 0 aromatic heterocycles. The van der Waals surface area contributed by atoms with Crippen molar-refractivity contribution in [2.75, 3.05) is 17.2 Å². The molecule has 1 aromatic carbocycles. The molecule has 4 heteroatoms. The molecule has 0 saturated carbocycles. The zero-order valence-electron chi connectivity index (χ0n) is 11.3. The van der Waals surface area contributed by atoms with E-state index in [9.17, 15) is 4.39 Å². The summed E-state index contributed by atoms with van der Waals surface area (Å²) in [6.45, 7) is 7.39. The van der Waals surface area contributed by atoms with Gasteiger partial charge in [-0.2, -0.15) is 0 Å². The second-order valence-corrected chi connectivity index (χ2v) is 5.67. The fourth-order valence-corrected chi connectivity index (χ4v) is 2.32. The highest BCUT2D eigenvalue weighted by Crippen LogP contribution is 2.31. The maximum Gasteiger partial charge on any atom is 0.139 e. The van der Waals surface area contributed by atoms with Crippen LogP contribution in [0.15, 0.2) is 16.6 Å². The van der Waals surface area contributed by atoms with Crippen LogP contribution < -0.4 is 10.6 Å². The number of halogens is 2. The molecule has 0 radical (unpaired) electrons.